The fourth-order valence-electron chi connectivity index (χ4n) is 1.66. The number of carbonyl (C=O) groups excluding carboxylic acids is 1. The molecule has 0 aliphatic carbocycles. The zero-order valence-corrected chi connectivity index (χ0v) is 10.8. The van der Waals surface area contributed by atoms with Crippen LogP contribution >= 0.6 is 11.6 Å². The van der Waals surface area contributed by atoms with Crippen LogP contribution in [0.25, 0.3) is 0 Å². The molecule has 0 fully saturated rings. The van der Waals surface area contributed by atoms with Crippen molar-refractivity contribution in [1.29, 1.82) is 0 Å². The fourth-order valence-corrected chi connectivity index (χ4v) is 1.97. The van der Waals surface area contributed by atoms with E-state index >= 15 is 0 Å². The largest absolute Gasteiger partial charge is 0.339 e. The van der Waals surface area contributed by atoms with Gasteiger partial charge in [-0.15, -0.1) is 0 Å². The Balaban J connectivity index is 2.96. The minimum Gasteiger partial charge on any atom is -0.339 e. The predicted molar refractivity (Wildman–Crippen MR) is 68.1 cm³/mol. The van der Waals surface area contributed by atoms with Crippen LogP contribution in [0.15, 0.2) is 18.2 Å². The molecule has 0 atom stereocenters. The fraction of sp³-hybridized carbons (Fsp3) is 0.462. The number of benzene rings is 1. The van der Waals surface area contributed by atoms with Gasteiger partial charge in [0.05, 0.1) is 0 Å². The van der Waals surface area contributed by atoms with Crippen LogP contribution in [-0.4, -0.2) is 23.9 Å². The maximum Gasteiger partial charge on any atom is 0.253 e. The lowest BCUT2D eigenvalue weighted by molar-refractivity contribution is 0.0773. The molecule has 0 aliphatic heterocycles. The number of hydrogen-bond donors (Lipinski definition) is 0. The van der Waals surface area contributed by atoms with Crippen LogP contribution in [0.1, 0.15) is 36.7 Å². The van der Waals surface area contributed by atoms with Gasteiger partial charge in [0.2, 0.25) is 0 Å². The number of halogens is 1. The van der Waals surface area contributed by atoms with Gasteiger partial charge < -0.3 is 4.90 Å². The second-order valence-electron chi connectivity index (χ2n) is 3.64. The van der Waals surface area contributed by atoms with Gasteiger partial charge in [-0.05, 0) is 38.0 Å². The molecule has 0 unspecified atom stereocenters. The second-order valence-corrected chi connectivity index (χ2v) is 4.04. The van der Waals surface area contributed by atoms with Crippen molar-refractivity contribution in [2.24, 2.45) is 0 Å². The molecule has 0 heterocycles. The first-order valence-electron chi connectivity index (χ1n) is 5.71. The van der Waals surface area contributed by atoms with Gasteiger partial charge in [0.1, 0.15) is 0 Å². The number of hydrogen-bond acceptors (Lipinski definition) is 1. The average Bonchev–Trinajstić information content (AvgIpc) is 2.30. The summed E-state index contributed by atoms with van der Waals surface area (Å²) in [6.07, 6.45) is 0.887. The Morgan fingerprint density at radius 3 is 2.31 bits per heavy atom. The molecule has 0 saturated carbocycles. The van der Waals surface area contributed by atoms with Crippen molar-refractivity contribution in [3.8, 4) is 0 Å². The van der Waals surface area contributed by atoms with Gasteiger partial charge in [0.25, 0.3) is 5.91 Å². The van der Waals surface area contributed by atoms with Crippen molar-refractivity contribution < 1.29 is 4.79 Å². The summed E-state index contributed by atoms with van der Waals surface area (Å²) < 4.78 is 0. The van der Waals surface area contributed by atoms with Crippen molar-refractivity contribution in [1.82, 2.24) is 4.90 Å². The van der Waals surface area contributed by atoms with Crippen LogP contribution < -0.4 is 0 Å². The lowest BCUT2D eigenvalue weighted by atomic mass is 10.1. The first kappa shape index (κ1) is 13.0. The van der Waals surface area contributed by atoms with Gasteiger partial charge in [-0.2, -0.15) is 0 Å². The number of carbonyl (C=O) groups is 1. The highest BCUT2D eigenvalue weighted by Crippen LogP contribution is 2.19. The number of amides is 1. The van der Waals surface area contributed by atoms with E-state index < -0.39 is 0 Å². The molecular formula is C13H18ClNO. The topological polar surface area (TPSA) is 20.3 Å². The zero-order valence-electron chi connectivity index (χ0n) is 10.1. The maximum atomic E-state index is 12.0. The van der Waals surface area contributed by atoms with Crippen molar-refractivity contribution in [3.63, 3.8) is 0 Å². The van der Waals surface area contributed by atoms with Gasteiger partial charge in [-0.1, -0.05) is 24.6 Å². The van der Waals surface area contributed by atoms with E-state index in [1.54, 1.807) is 11.0 Å². The Kier molecular flexibility index (Phi) is 4.81. The monoisotopic (exact) mass is 239 g/mol. The van der Waals surface area contributed by atoms with Crippen LogP contribution in [-0.2, 0) is 6.42 Å². The first-order valence-corrected chi connectivity index (χ1v) is 6.09. The average molecular weight is 240 g/mol. The molecule has 1 aromatic rings. The predicted octanol–water partition coefficient (Wildman–Crippen LogP) is 3.38. The van der Waals surface area contributed by atoms with E-state index in [1.165, 1.54) is 0 Å². The minimum atomic E-state index is 0.0505. The Morgan fingerprint density at radius 2 is 1.88 bits per heavy atom. The van der Waals surface area contributed by atoms with Crippen molar-refractivity contribution in [2.45, 2.75) is 27.2 Å². The van der Waals surface area contributed by atoms with E-state index in [9.17, 15) is 4.79 Å². The van der Waals surface area contributed by atoms with Gasteiger partial charge in [0.15, 0.2) is 0 Å². The van der Waals surface area contributed by atoms with Crippen LogP contribution in [0.5, 0.6) is 0 Å². The Labute approximate surface area is 102 Å². The summed E-state index contributed by atoms with van der Waals surface area (Å²) in [5.41, 5.74) is 1.75. The Morgan fingerprint density at radius 1 is 1.25 bits per heavy atom. The summed E-state index contributed by atoms with van der Waals surface area (Å²) >= 11 is 6.09. The molecular weight excluding hydrogens is 222 g/mol. The summed E-state index contributed by atoms with van der Waals surface area (Å²) in [6, 6.07) is 5.55. The normalized spacial score (nSPS) is 10.2. The minimum absolute atomic E-state index is 0.0505. The number of rotatable bonds is 4. The maximum absolute atomic E-state index is 12.0. The third-order valence-electron chi connectivity index (χ3n) is 2.73. The van der Waals surface area contributed by atoms with E-state index in [0.29, 0.717) is 10.6 Å². The number of aryl methyl sites for hydroxylation is 1. The molecule has 0 radical (unpaired) electrons. The smallest absolute Gasteiger partial charge is 0.253 e. The zero-order chi connectivity index (χ0) is 12.1. The molecule has 0 aliphatic rings. The third-order valence-corrected chi connectivity index (χ3v) is 3.08. The molecule has 0 bridgehead atoms. The highest BCUT2D eigenvalue weighted by molar-refractivity contribution is 6.31. The van der Waals surface area contributed by atoms with E-state index in [4.69, 9.17) is 11.6 Å². The van der Waals surface area contributed by atoms with E-state index in [-0.39, 0.29) is 5.91 Å². The van der Waals surface area contributed by atoms with E-state index in [2.05, 4.69) is 0 Å². The quantitative estimate of drug-likeness (QED) is 0.789. The third kappa shape index (κ3) is 2.76. The van der Waals surface area contributed by atoms with E-state index in [0.717, 1.165) is 25.1 Å². The van der Waals surface area contributed by atoms with E-state index in [1.807, 2.05) is 32.9 Å². The molecule has 1 aromatic carbocycles. The molecule has 88 valence electrons. The lowest BCUT2D eigenvalue weighted by Crippen LogP contribution is -2.30. The van der Waals surface area contributed by atoms with Crippen molar-refractivity contribution in [2.75, 3.05) is 13.1 Å². The van der Waals surface area contributed by atoms with Crippen molar-refractivity contribution >= 4 is 17.5 Å². The van der Waals surface area contributed by atoms with Crippen molar-refractivity contribution in [3.05, 3.63) is 34.3 Å². The van der Waals surface area contributed by atoms with Gasteiger partial charge in [0, 0.05) is 23.7 Å². The Hall–Kier alpha value is -1.02. The van der Waals surface area contributed by atoms with Crippen LogP contribution in [0.2, 0.25) is 5.02 Å². The molecule has 0 saturated heterocycles. The van der Waals surface area contributed by atoms with Gasteiger partial charge >= 0.3 is 0 Å². The molecule has 0 spiro atoms. The molecule has 0 N–H and O–H groups in total. The highest BCUT2D eigenvalue weighted by Gasteiger charge is 2.13. The lowest BCUT2D eigenvalue weighted by Gasteiger charge is -2.18. The SMILES string of the molecule is CCc1ccc(C(=O)N(CC)CC)cc1Cl. The second kappa shape index (κ2) is 5.90. The molecule has 1 amide bonds. The van der Waals surface area contributed by atoms with Crippen LogP contribution in [0.3, 0.4) is 0 Å². The summed E-state index contributed by atoms with van der Waals surface area (Å²) in [5, 5.41) is 0.681. The first-order chi connectivity index (χ1) is 7.63. The van der Waals surface area contributed by atoms with Gasteiger partial charge in [-0.3, -0.25) is 4.79 Å². The molecule has 2 nitrogen and oxygen atoms in total. The summed E-state index contributed by atoms with van der Waals surface area (Å²) in [7, 11) is 0. The molecule has 0 aromatic heterocycles. The van der Waals surface area contributed by atoms with Crippen LogP contribution in [0, 0.1) is 0 Å². The van der Waals surface area contributed by atoms with Crippen LogP contribution in [0.4, 0.5) is 0 Å². The van der Waals surface area contributed by atoms with Gasteiger partial charge in [-0.25, -0.2) is 0 Å². The highest BCUT2D eigenvalue weighted by atomic mass is 35.5. The number of nitrogens with zero attached hydrogens (tertiary/aromatic N) is 1. The summed E-state index contributed by atoms with van der Waals surface area (Å²) in [5.74, 6) is 0.0505. The molecule has 1 rings (SSSR count). The summed E-state index contributed by atoms with van der Waals surface area (Å²) in [6.45, 7) is 7.45. The standard InChI is InChI=1S/C13H18ClNO/c1-4-10-7-8-11(9-12(10)14)13(16)15(5-2)6-3/h7-9H,4-6H2,1-3H3. The summed E-state index contributed by atoms with van der Waals surface area (Å²) in [4.78, 5) is 13.8. The molecule has 3 heteroatoms. The Bertz CT molecular complexity index is 372. The molecule has 16 heavy (non-hydrogen) atoms.